The maximum atomic E-state index is 5.40. The maximum absolute atomic E-state index is 5.40. The number of methoxy groups -OCH3 is 1. The van der Waals surface area contributed by atoms with Crippen molar-refractivity contribution in [1.29, 1.82) is 0 Å². The standard InChI is InChI=1S/C29H28O/c1-30-25-17-15-22(16-18-25)28-20-27-24(19-21-9-4-2-5-10-21)13-8-14-26(27)29(28)23-11-6-3-7-12-23/h2-7,9-12,15-20,26,28-29H,8,13-14H2,1H3/b24-19+/t26?,28-,29+/m1/s1. The summed E-state index contributed by atoms with van der Waals surface area (Å²) in [6, 6.07) is 30.6. The van der Waals surface area contributed by atoms with Gasteiger partial charge in [-0.15, -0.1) is 0 Å². The van der Waals surface area contributed by atoms with Crippen LogP contribution < -0.4 is 4.74 Å². The third-order valence-electron chi connectivity index (χ3n) is 6.74. The van der Waals surface area contributed by atoms with Crippen LogP contribution in [0.15, 0.2) is 102 Å². The first-order valence-corrected chi connectivity index (χ1v) is 11.0. The zero-order chi connectivity index (χ0) is 20.3. The number of hydrogen-bond donors (Lipinski definition) is 0. The lowest BCUT2D eigenvalue weighted by Gasteiger charge is -2.31. The number of ether oxygens (including phenoxy) is 1. The smallest absolute Gasteiger partial charge is 0.118 e. The molecule has 3 atom stereocenters. The van der Waals surface area contributed by atoms with Crippen molar-refractivity contribution in [2.45, 2.75) is 31.1 Å². The molecule has 1 heteroatoms. The molecule has 30 heavy (non-hydrogen) atoms. The van der Waals surface area contributed by atoms with Gasteiger partial charge in [0, 0.05) is 11.8 Å². The number of allylic oxidation sites excluding steroid dienone is 3. The fraction of sp³-hybridized carbons (Fsp3) is 0.241. The van der Waals surface area contributed by atoms with Crippen LogP contribution in [0.1, 0.15) is 47.8 Å². The molecule has 1 unspecified atom stereocenters. The predicted molar refractivity (Wildman–Crippen MR) is 125 cm³/mol. The molecule has 0 heterocycles. The lowest BCUT2D eigenvalue weighted by molar-refractivity contribution is 0.413. The van der Waals surface area contributed by atoms with Gasteiger partial charge in [-0.05, 0) is 65.1 Å². The largest absolute Gasteiger partial charge is 0.497 e. The number of rotatable bonds is 4. The fourth-order valence-corrected chi connectivity index (χ4v) is 5.35. The molecule has 3 aromatic rings. The predicted octanol–water partition coefficient (Wildman–Crippen LogP) is 7.39. The van der Waals surface area contributed by atoms with E-state index in [2.05, 4.69) is 97.1 Å². The Morgan fingerprint density at radius 1 is 0.800 bits per heavy atom. The Morgan fingerprint density at radius 2 is 1.50 bits per heavy atom. The highest BCUT2D eigenvalue weighted by molar-refractivity contribution is 5.62. The summed E-state index contributed by atoms with van der Waals surface area (Å²) in [7, 11) is 1.73. The number of hydrogen-bond acceptors (Lipinski definition) is 1. The summed E-state index contributed by atoms with van der Waals surface area (Å²) >= 11 is 0. The van der Waals surface area contributed by atoms with E-state index in [9.17, 15) is 0 Å². The average molecular weight is 393 g/mol. The SMILES string of the molecule is COc1ccc([C@H]2C=C3/C(=C/c4ccccc4)CCCC3[C@@H]2c2ccccc2)cc1. The molecule has 0 aliphatic heterocycles. The van der Waals surface area contributed by atoms with Gasteiger partial charge in [0.2, 0.25) is 0 Å². The van der Waals surface area contributed by atoms with Crippen molar-refractivity contribution >= 4 is 6.08 Å². The van der Waals surface area contributed by atoms with E-state index in [4.69, 9.17) is 4.74 Å². The third-order valence-corrected chi connectivity index (χ3v) is 6.74. The van der Waals surface area contributed by atoms with Crippen LogP contribution in [0, 0.1) is 5.92 Å². The molecular weight excluding hydrogens is 364 g/mol. The highest BCUT2D eigenvalue weighted by Gasteiger charge is 2.41. The quantitative estimate of drug-likeness (QED) is 0.450. The fourth-order valence-electron chi connectivity index (χ4n) is 5.35. The van der Waals surface area contributed by atoms with Crippen LogP contribution in [0.2, 0.25) is 0 Å². The molecule has 0 amide bonds. The van der Waals surface area contributed by atoms with E-state index < -0.39 is 0 Å². The van der Waals surface area contributed by atoms with Gasteiger partial charge in [-0.25, -0.2) is 0 Å². The molecule has 0 radical (unpaired) electrons. The van der Waals surface area contributed by atoms with E-state index in [1.165, 1.54) is 41.5 Å². The molecule has 0 spiro atoms. The summed E-state index contributed by atoms with van der Waals surface area (Å²) in [6.07, 6.45) is 8.69. The first-order valence-electron chi connectivity index (χ1n) is 11.0. The second-order valence-electron chi connectivity index (χ2n) is 8.44. The molecular formula is C29H28O. The van der Waals surface area contributed by atoms with Crippen LogP contribution in [0.3, 0.4) is 0 Å². The molecule has 2 aliphatic rings. The maximum Gasteiger partial charge on any atom is 0.118 e. The lowest BCUT2D eigenvalue weighted by Crippen LogP contribution is -2.18. The van der Waals surface area contributed by atoms with Crippen molar-refractivity contribution in [3.05, 3.63) is 119 Å². The van der Waals surface area contributed by atoms with E-state index in [1.54, 1.807) is 12.7 Å². The van der Waals surface area contributed by atoms with Gasteiger partial charge < -0.3 is 4.74 Å². The summed E-state index contributed by atoms with van der Waals surface area (Å²) in [5.74, 6) is 2.40. The molecule has 1 nitrogen and oxygen atoms in total. The van der Waals surface area contributed by atoms with E-state index >= 15 is 0 Å². The molecule has 0 N–H and O–H groups in total. The molecule has 1 saturated carbocycles. The third kappa shape index (κ3) is 3.61. The van der Waals surface area contributed by atoms with Crippen LogP contribution >= 0.6 is 0 Å². The van der Waals surface area contributed by atoms with Gasteiger partial charge in [0.1, 0.15) is 5.75 Å². The number of benzene rings is 3. The lowest BCUT2D eigenvalue weighted by atomic mass is 9.72. The summed E-state index contributed by atoms with van der Waals surface area (Å²) in [5, 5.41) is 0. The van der Waals surface area contributed by atoms with E-state index in [0.29, 0.717) is 17.8 Å². The normalized spacial score (nSPS) is 24.4. The number of fused-ring (bicyclic) bond motifs is 1. The molecule has 5 rings (SSSR count). The summed E-state index contributed by atoms with van der Waals surface area (Å²) in [4.78, 5) is 0. The van der Waals surface area contributed by atoms with Crippen LogP contribution in [0.4, 0.5) is 0 Å². The topological polar surface area (TPSA) is 9.23 Å². The van der Waals surface area contributed by atoms with E-state index in [1.807, 2.05) is 0 Å². The van der Waals surface area contributed by atoms with Crippen molar-refractivity contribution < 1.29 is 4.74 Å². The van der Waals surface area contributed by atoms with Gasteiger partial charge in [0.25, 0.3) is 0 Å². The van der Waals surface area contributed by atoms with Crippen LogP contribution in [-0.4, -0.2) is 7.11 Å². The monoisotopic (exact) mass is 392 g/mol. The Labute approximate surface area is 179 Å². The van der Waals surface area contributed by atoms with Gasteiger partial charge in [-0.1, -0.05) is 84.9 Å². The van der Waals surface area contributed by atoms with Crippen molar-refractivity contribution in [3.8, 4) is 5.75 Å². The highest BCUT2D eigenvalue weighted by Crippen LogP contribution is 2.55. The first-order chi connectivity index (χ1) is 14.8. The molecule has 0 aromatic heterocycles. The van der Waals surface area contributed by atoms with Gasteiger partial charge in [-0.2, -0.15) is 0 Å². The summed E-state index contributed by atoms with van der Waals surface area (Å²) in [6.45, 7) is 0. The van der Waals surface area contributed by atoms with Crippen molar-refractivity contribution in [2.24, 2.45) is 5.92 Å². The average Bonchev–Trinajstić information content (AvgIpc) is 3.21. The van der Waals surface area contributed by atoms with Crippen molar-refractivity contribution in [2.75, 3.05) is 7.11 Å². The Hall–Kier alpha value is -3.06. The Kier molecular flexibility index (Phi) is 5.27. The minimum atomic E-state index is 0.399. The van der Waals surface area contributed by atoms with Crippen LogP contribution in [0.5, 0.6) is 5.75 Å². The molecule has 0 saturated heterocycles. The van der Waals surface area contributed by atoms with Gasteiger partial charge in [0.05, 0.1) is 7.11 Å². The van der Waals surface area contributed by atoms with Crippen molar-refractivity contribution in [1.82, 2.24) is 0 Å². The molecule has 150 valence electrons. The zero-order valence-corrected chi connectivity index (χ0v) is 17.5. The minimum absolute atomic E-state index is 0.399. The van der Waals surface area contributed by atoms with Crippen LogP contribution in [-0.2, 0) is 0 Å². The summed E-state index contributed by atoms with van der Waals surface area (Å²) in [5.41, 5.74) is 7.23. The summed E-state index contributed by atoms with van der Waals surface area (Å²) < 4.78 is 5.40. The minimum Gasteiger partial charge on any atom is -0.497 e. The Bertz CT molecular complexity index is 1040. The van der Waals surface area contributed by atoms with E-state index in [-0.39, 0.29) is 0 Å². The Balaban J connectivity index is 1.58. The highest BCUT2D eigenvalue weighted by atomic mass is 16.5. The first kappa shape index (κ1) is 18.9. The molecule has 2 aliphatic carbocycles. The molecule has 1 fully saturated rings. The second-order valence-corrected chi connectivity index (χ2v) is 8.44. The second kappa shape index (κ2) is 8.36. The Morgan fingerprint density at radius 3 is 2.20 bits per heavy atom. The van der Waals surface area contributed by atoms with Gasteiger partial charge in [0.15, 0.2) is 0 Å². The van der Waals surface area contributed by atoms with Gasteiger partial charge >= 0.3 is 0 Å². The zero-order valence-electron chi connectivity index (χ0n) is 17.5. The van der Waals surface area contributed by atoms with E-state index in [0.717, 1.165) is 5.75 Å². The molecule has 3 aromatic carbocycles. The molecule has 0 bridgehead atoms. The van der Waals surface area contributed by atoms with Crippen LogP contribution in [0.25, 0.3) is 6.08 Å². The van der Waals surface area contributed by atoms with Crippen molar-refractivity contribution in [3.63, 3.8) is 0 Å². The van der Waals surface area contributed by atoms with Gasteiger partial charge in [-0.3, -0.25) is 0 Å².